The third-order valence-electron chi connectivity index (χ3n) is 2.52. The van der Waals surface area contributed by atoms with Crippen LogP contribution in [0.15, 0.2) is 0 Å². The monoisotopic (exact) mass is 443 g/mol. The molecule has 0 rings (SSSR count). The van der Waals surface area contributed by atoms with E-state index in [2.05, 4.69) is 37.2 Å². The number of carboxylic acids is 1. The van der Waals surface area contributed by atoms with Crippen LogP contribution in [0.2, 0.25) is 0 Å². The summed E-state index contributed by atoms with van der Waals surface area (Å²) in [4.78, 5) is 32.1. The summed E-state index contributed by atoms with van der Waals surface area (Å²) in [6.07, 6.45) is 2.55. The number of ether oxygens (including phenoxy) is 1. The van der Waals surface area contributed by atoms with E-state index in [1.165, 1.54) is 0 Å². The zero-order valence-corrected chi connectivity index (χ0v) is 16.2. The van der Waals surface area contributed by atoms with Crippen LogP contribution < -0.4 is 5.32 Å². The van der Waals surface area contributed by atoms with Gasteiger partial charge < -0.3 is 15.2 Å². The molecule has 0 saturated heterocycles. The average Bonchev–Trinajstić information content (AvgIpc) is 2.38. The molecule has 0 aliphatic carbocycles. The molecule has 0 bridgehead atoms. The topological polar surface area (TPSA) is 92.7 Å². The van der Waals surface area contributed by atoms with Crippen LogP contribution in [-0.4, -0.2) is 44.8 Å². The van der Waals surface area contributed by atoms with Gasteiger partial charge in [-0.2, -0.15) is 0 Å². The molecule has 0 aromatic rings. The Kier molecular flexibility index (Phi) is 9.91. The van der Waals surface area contributed by atoms with Crippen molar-refractivity contribution in [3.63, 3.8) is 0 Å². The number of rotatable bonds is 9. The summed E-state index contributed by atoms with van der Waals surface area (Å²) in [7, 11) is 0. The van der Waals surface area contributed by atoms with Crippen LogP contribution in [-0.2, 0) is 19.1 Å². The molecular formula is C14H23Br2NO5. The minimum Gasteiger partial charge on any atom is -0.480 e. The maximum absolute atomic E-state index is 11.7. The van der Waals surface area contributed by atoms with E-state index in [-0.39, 0.29) is 11.9 Å². The smallest absolute Gasteiger partial charge is 0.318 e. The lowest BCUT2D eigenvalue weighted by atomic mass is 10.1. The second-order valence-corrected chi connectivity index (χ2v) is 7.80. The summed E-state index contributed by atoms with van der Waals surface area (Å²) < 4.78 is 5.19. The largest absolute Gasteiger partial charge is 0.480 e. The molecule has 0 heterocycles. The highest BCUT2D eigenvalue weighted by molar-refractivity contribution is 9.12. The normalized spacial score (nSPS) is 14.0. The number of amides is 1. The minimum absolute atomic E-state index is 0.222. The molecule has 8 heteroatoms. The average molecular weight is 445 g/mol. The first-order valence-electron chi connectivity index (χ1n) is 7.05. The number of alkyl halides is 2. The summed E-state index contributed by atoms with van der Waals surface area (Å²) in [5.41, 5.74) is -0.466. The van der Waals surface area contributed by atoms with Crippen molar-refractivity contribution in [1.29, 1.82) is 0 Å². The number of aliphatic carboxylic acids is 1. The van der Waals surface area contributed by atoms with Gasteiger partial charge in [0.25, 0.3) is 0 Å². The summed E-state index contributed by atoms with van der Waals surface area (Å²) in [5.74, 6) is -1.70. The van der Waals surface area contributed by atoms with Crippen LogP contribution in [0.3, 0.4) is 0 Å². The third-order valence-corrected chi connectivity index (χ3v) is 5.09. The molecule has 0 saturated carbocycles. The van der Waals surface area contributed by atoms with E-state index in [9.17, 15) is 14.4 Å². The van der Waals surface area contributed by atoms with Crippen molar-refractivity contribution in [1.82, 2.24) is 5.32 Å². The Hall–Kier alpha value is -0.630. The van der Waals surface area contributed by atoms with E-state index in [0.29, 0.717) is 25.8 Å². The van der Waals surface area contributed by atoms with Gasteiger partial charge in [-0.3, -0.25) is 14.4 Å². The number of halogens is 2. The van der Waals surface area contributed by atoms with Gasteiger partial charge in [0.2, 0.25) is 5.91 Å². The van der Waals surface area contributed by atoms with Gasteiger partial charge >= 0.3 is 11.9 Å². The molecule has 0 aromatic heterocycles. The van der Waals surface area contributed by atoms with E-state index in [1.54, 1.807) is 0 Å². The van der Waals surface area contributed by atoms with Crippen molar-refractivity contribution in [2.24, 2.45) is 0 Å². The van der Waals surface area contributed by atoms with Crippen LogP contribution >= 0.6 is 31.9 Å². The maximum Gasteiger partial charge on any atom is 0.318 e. The Labute approximate surface area is 147 Å². The predicted molar refractivity (Wildman–Crippen MR) is 90.4 cm³/mol. The summed E-state index contributed by atoms with van der Waals surface area (Å²) in [6.45, 7) is 5.91. The highest BCUT2D eigenvalue weighted by atomic mass is 79.9. The third kappa shape index (κ3) is 10.2. The molecule has 0 fully saturated rings. The van der Waals surface area contributed by atoms with Gasteiger partial charge in [0.1, 0.15) is 15.3 Å². The second kappa shape index (κ2) is 10.2. The lowest BCUT2D eigenvalue weighted by Crippen LogP contribution is -2.39. The van der Waals surface area contributed by atoms with Crippen molar-refractivity contribution in [3.8, 4) is 0 Å². The number of hydrogen-bond donors (Lipinski definition) is 2. The number of hydrogen-bond acceptors (Lipinski definition) is 4. The van der Waals surface area contributed by atoms with Crippen molar-refractivity contribution in [3.05, 3.63) is 0 Å². The van der Waals surface area contributed by atoms with E-state index >= 15 is 0 Å². The van der Waals surface area contributed by atoms with Crippen molar-refractivity contribution in [2.45, 2.75) is 61.7 Å². The lowest BCUT2D eigenvalue weighted by Gasteiger charge is -2.19. The van der Waals surface area contributed by atoms with E-state index in [1.807, 2.05) is 20.8 Å². The molecule has 0 aliphatic heterocycles. The predicted octanol–water partition coefficient (Wildman–Crippen LogP) is 2.62. The zero-order chi connectivity index (χ0) is 17.3. The molecule has 1 amide bonds. The Morgan fingerprint density at radius 1 is 1.09 bits per heavy atom. The molecular weight excluding hydrogens is 422 g/mol. The molecule has 2 atom stereocenters. The SMILES string of the molecule is CC(C)(C)OC(=O)CCCCCNC(=O)C(Br)C(Br)C(=O)O. The quantitative estimate of drug-likeness (QED) is 0.324. The Morgan fingerprint density at radius 3 is 2.18 bits per heavy atom. The van der Waals surface area contributed by atoms with Crippen LogP contribution in [0.5, 0.6) is 0 Å². The first-order valence-corrected chi connectivity index (χ1v) is 8.88. The van der Waals surface area contributed by atoms with Crippen LogP contribution in [0.25, 0.3) is 0 Å². The van der Waals surface area contributed by atoms with Gasteiger partial charge in [-0.1, -0.05) is 38.3 Å². The summed E-state index contributed by atoms with van der Waals surface area (Å²) in [6, 6.07) is 0. The molecule has 0 radical (unpaired) electrons. The van der Waals surface area contributed by atoms with Crippen molar-refractivity contribution in [2.75, 3.05) is 6.54 Å². The van der Waals surface area contributed by atoms with Gasteiger partial charge in [-0.05, 0) is 33.6 Å². The van der Waals surface area contributed by atoms with E-state index in [0.717, 1.165) is 6.42 Å². The Bertz CT molecular complexity index is 395. The molecule has 2 N–H and O–H groups in total. The van der Waals surface area contributed by atoms with E-state index < -0.39 is 21.2 Å². The number of carbonyl (C=O) groups excluding carboxylic acids is 2. The van der Waals surface area contributed by atoms with Gasteiger partial charge in [0, 0.05) is 13.0 Å². The number of carbonyl (C=O) groups is 3. The second-order valence-electron chi connectivity index (χ2n) is 5.83. The molecule has 0 spiro atoms. The molecule has 0 aliphatic rings. The van der Waals surface area contributed by atoms with Gasteiger partial charge in [-0.25, -0.2) is 0 Å². The molecule has 6 nitrogen and oxygen atoms in total. The van der Waals surface area contributed by atoms with Gasteiger partial charge in [0.15, 0.2) is 0 Å². The first kappa shape index (κ1) is 21.4. The van der Waals surface area contributed by atoms with Gasteiger partial charge in [0.05, 0.1) is 0 Å². The molecule has 22 heavy (non-hydrogen) atoms. The van der Waals surface area contributed by atoms with E-state index in [4.69, 9.17) is 9.84 Å². The summed E-state index contributed by atoms with van der Waals surface area (Å²) >= 11 is 5.96. The Morgan fingerprint density at radius 2 is 1.68 bits per heavy atom. The van der Waals surface area contributed by atoms with Crippen LogP contribution in [0.1, 0.15) is 46.5 Å². The lowest BCUT2D eigenvalue weighted by molar-refractivity contribution is -0.155. The highest BCUT2D eigenvalue weighted by Gasteiger charge is 2.28. The Balaban J connectivity index is 3.76. The number of nitrogens with one attached hydrogen (secondary N) is 1. The van der Waals surface area contributed by atoms with Crippen molar-refractivity contribution < 1.29 is 24.2 Å². The molecule has 128 valence electrons. The standard InChI is InChI=1S/C14H23Br2NO5/c1-14(2,3)22-9(18)7-5-4-6-8-17-12(19)10(15)11(16)13(20)21/h10-11H,4-8H2,1-3H3,(H,17,19)(H,20,21). The highest BCUT2D eigenvalue weighted by Crippen LogP contribution is 2.15. The van der Waals surface area contributed by atoms with Crippen LogP contribution in [0, 0.1) is 0 Å². The number of unbranched alkanes of at least 4 members (excludes halogenated alkanes) is 2. The fraction of sp³-hybridized carbons (Fsp3) is 0.786. The fourth-order valence-corrected chi connectivity index (χ4v) is 2.16. The minimum atomic E-state index is -1.10. The summed E-state index contributed by atoms with van der Waals surface area (Å²) in [5, 5.41) is 11.4. The molecule has 2 unspecified atom stereocenters. The maximum atomic E-state index is 11.7. The van der Waals surface area contributed by atoms with Crippen LogP contribution in [0.4, 0.5) is 0 Å². The number of carboxylic acid groups (broad SMARTS) is 1. The fourth-order valence-electron chi connectivity index (χ4n) is 1.53. The zero-order valence-electron chi connectivity index (χ0n) is 13.0. The van der Waals surface area contributed by atoms with Gasteiger partial charge in [-0.15, -0.1) is 0 Å². The number of esters is 1. The van der Waals surface area contributed by atoms with Crippen molar-refractivity contribution >= 4 is 49.7 Å². The molecule has 0 aromatic carbocycles. The first-order chi connectivity index (χ1) is 10.0.